The first-order valence-electron chi connectivity index (χ1n) is 8.15. The highest BCUT2D eigenvalue weighted by atomic mass is 16.2. The fourth-order valence-corrected chi connectivity index (χ4v) is 3.55. The Hall–Kier alpha value is -1.06. The quantitative estimate of drug-likeness (QED) is 0.787. The Morgan fingerprint density at radius 3 is 2.35 bits per heavy atom. The third kappa shape index (κ3) is 2.33. The Morgan fingerprint density at radius 1 is 1.15 bits per heavy atom. The van der Waals surface area contributed by atoms with Gasteiger partial charge in [-0.15, -0.1) is 0 Å². The van der Waals surface area contributed by atoms with E-state index in [1.54, 1.807) is 0 Å². The largest absolute Gasteiger partial charge is 0.340 e. The minimum Gasteiger partial charge on any atom is -0.340 e. The van der Waals surface area contributed by atoms with Gasteiger partial charge in [-0.2, -0.15) is 0 Å². The molecule has 1 saturated heterocycles. The third-order valence-electron chi connectivity index (χ3n) is 5.22. The van der Waals surface area contributed by atoms with Gasteiger partial charge >= 0.3 is 0 Å². The van der Waals surface area contributed by atoms with E-state index in [0.29, 0.717) is 13.0 Å². The van der Waals surface area contributed by atoms with E-state index in [2.05, 4.69) is 12.2 Å². The smallest absolute Gasteiger partial charge is 0.249 e. The summed E-state index contributed by atoms with van der Waals surface area (Å²) in [5.41, 5.74) is -1.25. The van der Waals surface area contributed by atoms with Crippen molar-refractivity contribution in [2.45, 2.75) is 83.2 Å². The SMILES string of the molecule is CCCCCN1C(=O)C2(CCCC2)NC(=O)C1(C)CC. The maximum Gasteiger partial charge on any atom is 0.249 e. The van der Waals surface area contributed by atoms with Crippen LogP contribution < -0.4 is 5.32 Å². The second-order valence-corrected chi connectivity index (χ2v) is 6.53. The summed E-state index contributed by atoms with van der Waals surface area (Å²) < 4.78 is 0. The van der Waals surface area contributed by atoms with Crippen LogP contribution in [0.3, 0.4) is 0 Å². The Balaban J connectivity index is 2.24. The summed E-state index contributed by atoms with van der Waals surface area (Å²) in [6, 6.07) is 0. The fourth-order valence-electron chi connectivity index (χ4n) is 3.55. The lowest BCUT2D eigenvalue weighted by Crippen LogP contribution is -2.74. The van der Waals surface area contributed by atoms with Crippen molar-refractivity contribution in [2.24, 2.45) is 0 Å². The number of piperazine rings is 1. The van der Waals surface area contributed by atoms with Gasteiger partial charge in [0.1, 0.15) is 11.1 Å². The molecule has 0 aromatic heterocycles. The number of unbranched alkanes of at least 4 members (excludes halogenated alkanes) is 2. The number of rotatable bonds is 5. The Kier molecular flexibility index (Phi) is 4.40. The van der Waals surface area contributed by atoms with Crippen LogP contribution in [0.25, 0.3) is 0 Å². The lowest BCUT2D eigenvalue weighted by atomic mass is 9.83. The van der Waals surface area contributed by atoms with Crippen molar-refractivity contribution in [3.8, 4) is 0 Å². The molecule has 1 atom stereocenters. The summed E-state index contributed by atoms with van der Waals surface area (Å²) in [6.45, 7) is 6.77. The number of hydrogen-bond acceptors (Lipinski definition) is 2. The average molecular weight is 280 g/mol. The van der Waals surface area contributed by atoms with Crippen LogP contribution >= 0.6 is 0 Å². The van der Waals surface area contributed by atoms with Gasteiger partial charge < -0.3 is 10.2 Å². The second kappa shape index (κ2) is 5.74. The van der Waals surface area contributed by atoms with Gasteiger partial charge in [0.25, 0.3) is 0 Å². The summed E-state index contributed by atoms with van der Waals surface area (Å²) in [4.78, 5) is 27.4. The Labute approximate surface area is 122 Å². The maximum absolute atomic E-state index is 13.0. The molecule has 2 fully saturated rings. The van der Waals surface area contributed by atoms with E-state index >= 15 is 0 Å². The molecule has 2 aliphatic rings. The van der Waals surface area contributed by atoms with Crippen LogP contribution in [-0.4, -0.2) is 34.3 Å². The van der Waals surface area contributed by atoms with Crippen LogP contribution in [0.4, 0.5) is 0 Å². The summed E-state index contributed by atoms with van der Waals surface area (Å²) in [5.74, 6) is 0.202. The minimum absolute atomic E-state index is 0.0398. The van der Waals surface area contributed by atoms with E-state index in [4.69, 9.17) is 0 Å². The first-order chi connectivity index (χ1) is 9.50. The summed E-state index contributed by atoms with van der Waals surface area (Å²) in [7, 11) is 0. The lowest BCUT2D eigenvalue weighted by Gasteiger charge is -2.50. The van der Waals surface area contributed by atoms with Crippen molar-refractivity contribution in [1.29, 1.82) is 0 Å². The van der Waals surface area contributed by atoms with Crippen LogP contribution in [0.2, 0.25) is 0 Å². The molecule has 1 unspecified atom stereocenters. The van der Waals surface area contributed by atoms with Gasteiger partial charge in [-0.25, -0.2) is 0 Å². The van der Waals surface area contributed by atoms with Crippen molar-refractivity contribution in [3.05, 3.63) is 0 Å². The van der Waals surface area contributed by atoms with Gasteiger partial charge in [0.2, 0.25) is 11.8 Å². The van der Waals surface area contributed by atoms with E-state index in [0.717, 1.165) is 44.9 Å². The second-order valence-electron chi connectivity index (χ2n) is 6.53. The molecule has 2 amide bonds. The molecule has 1 N–H and O–H groups in total. The van der Waals surface area contributed by atoms with Crippen molar-refractivity contribution in [3.63, 3.8) is 0 Å². The normalized spacial score (nSPS) is 29.1. The number of nitrogens with zero attached hydrogens (tertiary/aromatic N) is 1. The van der Waals surface area contributed by atoms with Crippen molar-refractivity contribution in [1.82, 2.24) is 10.2 Å². The van der Waals surface area contributed by atoms with Crippen LogP contribution in [0, 0.1) is 0 Å². The van der Waals surface area contributed by atoms with E-state index in [1.165, 1.54) is 0 Å². The lowest BCUT2D eigenvalue weighted by molar-refractivity contribution is -0.162. The highest BCUT2D eigenvalue weighted by molar-refractivity contribution is 6.02. The van der Waals surface area contributed by atoms with Gasteiger partial charge in [0.05, 0.1) is 0 Å². The fraction of sp³-hybridized carbons (Fsp3) is 0.875. The molecule has 0 aromatic rings. The molecule has 1 aliphatic carbocycles. The van der Waals surface area contributed by atoms with Crippen molar-refractivity contribution >= 4 is 11.8 Å². The molecule has 4 nitrogen and oxygen atoms in total. The maximum atomic E-state index is 13.0. The minimum atomic E-state index is -0.668. The van der Waals surface area contributed by atoms with E-state index in [-0.39, 0.29) is 11.8 Å². The zero-order chi connectivity index (χ0) is 14.8. The first kappa shape index (κ1) is 15.3. The molecule has 1 aliphatic heterocycles. The van der Waals surface area contributed by atoms with Gasteiger partial charge in [-0.05, 0) is 32.6 Å². The number of nitrogens with one attached hydrogen (secondary N) is 1. The van der Waals surface area contributed by atoms with E-state index in [1.807, 2.05) is 18.7 Å². The number of carbonyl (C=O) groups is 2. The summed E-state index contributed by atoms with van der Waals surface area (Å²) in [5, 5.41) is 3.07. The number of hydrogen-bond donors (Lipinski definition) is 1. The predicted molar refractivity (Wildman–Crippen MR) is 79.3 cm³/mol. The van der Waals surface area contributed by atoms with E-state index in [9.17, 15) is 9.59 Å². The van der Waals surface area contributed by atoms with Crippen molar-refractivity contribution < 1.29 is 9.59 Å². The van der Waals surface area contributed by atoms with Crippen LogP contribution in [0.15, 0.2) is 0 Å². The van der Waals surface area contributed by atoms with Gasteiger partial charge in [0.15, 0.2) is 0 Å². The van der Waals surface area contributed by atoms with E-state index < -0.39 is 11.1 Å². The van der Waals surface area contributed by atoms with Gasteiger partial charge in [-0.3, -0.25) is 9.59 Å². The topological polar surface area (TPSA) is 49.4 Å². The standard InChI is InChI=1S/C16H28N2O2/c1-4-6-9-12-18-14(20)16(10-7-8-11-16)17-13(19)15(18,3)5-2/h4-12H2,1-3H3,(H,17,19). The molecule has 1 heterocycles. The van der Waals surface area contributed by atoms with Crippen LogP contribution in [0.1, 0.15) is 72.1 Å². The molecular weight excluding hydrogens is 252 g/mol. The first-order valence-corrected chi connectivity index (χ1v) is 8.15. The highest BCUT2D eigenvalue weighted by Gasteiger charge is 2.56. The van der Waals surface area contributed by atoms with Crippen LogP contribution in [-0.2, 0) is 9.59 Å². The molecule has 2 rings (SSSR count). The summed E-state index contributed by atoms with van der Waals surface area (Å²) in [6.07, 6.45) is 7.59. The Bertz CT molecular complexity index is 388. The molecule has 4 heteroatoms. The zero-order valence-corrected chi connectivity index (χ0v) is 13.1. The molecule has 0 aromatic carbocycles. The van der Waals surface area contributed by atoms with Crippen molar-refractivity contribution in [2.75, 3.05) is 6.54 Å². The number of carbonyl (C=O) groups excluding carboxylic acids is 2. The molecule has 1 spiro atoms. The average Bonchev–Trinajstić information content (AvgIpc) is 2.90. The molecule has 0 bridgehead atoms. The molecule has 1 saturated carbocycles. The predicted octanol–water partition coefficient (Wildman–Crippen LogP) is 2.62. The van der Waals surface area contributed by atoms with Gasteiger partial charge in [-0.1, -0.05) is 39.5 Å². The highest BCUT2D eigenvalue weighted by Crippen LogP contribution is 2.38. The third-order valence-corrected chi connectivity index (χ3v) is 5.22. The number of amides is 2. The zero-order valence-electron chi connectivity index (χ0n) is 13.1. The Morgan fingerprint density at radius 2 is 1.80 bits per heavy atom. The van der Waals surface area contributed by atoms with Gasteiger partial charge in [0, 0.05) is 6.54 Å². The summed E-state index contributed by atoms with van der Waals surface area (Å²) >= 11 is 0. The molecule has 20 heavy (non-hydrogen) atoms. The molecule has 114 valence electrons. The monoisotopic (exact) mass is 280 g/mol. The molecular formula is C16H28N2O2. The molecule has 0 radical (unpaired) electrons. The van der Waals surface area contributed by atoms with Crippen LogP contribution in [0.5, 0.6) is 0 Å².